The summed E-state index contributed by atoms with van der Waals surface area (Å²) in [4.78, 5) is 4.25. The zero-order valence-corrected chi connectivity index (χ0v) is 7.12. The number of hydrogen-bond acceptors (Lipinski definition) is 2. The molecule has 1 rings (SSSR count). The van der Waals surface area contributed by atoms with E-state index in [4.69, 9.17) is 0 Å². The molecule has 1 aliphatic rings. The minimum atomic E-state index is -0.836. The Labute approximate surface area is 57.5 Å². The number of amidine groups is 1. The van der Waals surface area contributed by atoms with Crippen molar-refractivity contribution in [3.05, 3.63) is 0 Å². The third-order valence-electron chi connectivity index (χ3n) is 1.40. The number of nitrogens with zero attached hydrogens (tertiary/aromatic N) is 2. The summed E-state index contributed by atoms with van der Waals surface area (Å²) in [6, 6.07) is 0. The Morgan fingerprint density at radius 1 is 1.22 bits per heavy atom. The molecule has 1 heterocycles. The topological polar surface area (TPSA) is 24.7 Å². The maximum absolute atomic E-state index is 4.40. The molecule has 52 valence electrons. The van der Waals surface area contributed by atoms with Crippen molar-refractivity contribution in [2.45, 2.75) is 13.8 Å². The zero-order chi connectivity index (χ0) is 7.07. The zero-order valence-electron chi connectivity index (χ0n) is 6.30. The molecule has 0 aromatic carbocycles. The van der Waals surface area contributed by atoms with Gasteiger partial charge in [-0.05, 0) is 26.4 Å². The molecule has 0 atom stereocenters. The molecule has 0 aromatic heterocycles. The summed E-state index contributed by atoms with van der Waals surface area (Å²) in [5.74, 6) is 0.938. The maximum Gasteiger partial charge on any atom is 0.132 e. The van der Waals surface area contributed by atoms with Crippen LogP contribution >= 0.6 is 10.2 Å². The Bertz CT molecular complexity index is 191. The fourth-order valence-electron chi connectivity index (χ4n) is 0.756. The molecule has 0 saturated heterocycles. The van der Waals surface area contributed by atoms with E-state index in [1.807, 2.05) is 6.92 Å². The summed E-state index contributed by atoms with van der Waals surface area (Å²) >= 11 is 0. The van der Waals surface area contributed by atoms with Gasteiger partial charge in [-0.1, -0.05) is 0 Å². The van der Waals surface area contributed by atoms with E-state index in [1.165, 1.54) is 5.04 Å². The van der Waals surface area contributed by atoms with Crippen LogP contribution in [-0.4, -0.2) is 23.4 Å². The minimum Gasteiger partial charge on any atom is -0.231 e. The summed E-state index contributed by atoms with van der Waals surface area (Å²) in [5.41, 5.74) is 0. The molecule has 0 aromatic rings. The Morgan fingerprint density at radius 2 is 1.78 bits per heavy atom. The predicted molar refractivity (Wildman–Crippen MR) is 45.7 cm³/mol. The van der Waals surface area contributed by atoms with E-state index in [9.17, 15) is 0 Å². The molecule has 0 fully saturated rings. The van der Waals surface area contributed by atoms with Gasteiger partial charge in [0.2, 0.25) is 0 Å². The van der Waals surface area contributed by atoms with Gasteiger partial charge in [0.15, 0.2) is 0 Å². The summed E-state index contributed by atoms with van der Waals surface area (Å²) in [6.07, 6.45) is 4.31. The predicted octanol–water partition coefficient (Wildman–Crippen LogP) is 1.82. The highest BCUT2D eigenvalue weighted by Gasteiger charge is 2.19. The molecular weight excluding hydrogens is 132 g/mol. The molecular formula is C6H12N2S. The molecule has 0 spiro atoms. The van der Waals surface area contributed by atoms with E-state index < -0.39 is 10.2 Å². The number of aliphatic imine (C=N–C) groups is 1. The van der Waals surface area contributed by atoms with Crippen molar-refractivity contribution in [1.29, 1.82) is 0 Å². The van der Waals surface area contributed by atoms with Gasteiger partial charge in [0.05, 0.1) is 5.04 Å². The van der Waals surface area contributed by atoms with Gasteiger partial charge in [-0.25, -0.2) is 9.39 Å². The maximum atomic E-state index is 4.40. The Kier molecular flexibility index (Phi) is 1.39. The normalized spacial score (nSPS) is 27.1. The van der Waals surface area contributed by atoms with E-state index in [-0.39, 0.29) is 0 Å². The average Bonchev–Trinajstić information content (AvgIpc) is 1.79. The fraction of sp³-hybridized carbons (Fsp3) is 0.667. The first kappa shape index (κ1) is 6.81. The third-order valence-corrected chi connectivity index (χ3v) is 3.66. The van der Waals surface area contributed by atoms with Gasteiger partial charge in [-0.3, -0.25) is 0 Å². The second-order valence-corrected chi connectivity index (χ2v) is 5.86. The van der Waals surface area contributed by atoms with Crippen LogP contribution in [0.4, 0.5) is 0 Å². The van der Waals surface area contributed by atoms with Crippen LogP contribution in [-0.2, 0) is 0 Å². The quantitative estimate of drug-likeness (QED) is 0.495. The fourth-order valence-corrected chi connectivity index (χ4v) is 1.95. The lowest BCUT2D eigenvalue weighted by molar-refractivity contribution is 1.60. The molecule has 2 nitrogen and oxygen atoms in total. The van der Waals surface area contributed by atoms with E-state index in [0.717, 1.165) is 5.84 Å². The average molecular weight is 144 g/mol. The van der Waals surface area contributed by atoms with Gasteiger partial charge >= 0.3 is 0 Å². The van der Waals surface area contributed by atoms with Crippen LogP contribution in [0, 0.1) is 0 Å². The number of hydrogen-bond donors (Lipinski definition) is 0. The van der Waals surface area contributed by atoms with Crippen LogP contribution in [0.5, 0.6) is 0 Å². The SMILES string of the molecule is CC1=NS(C)(C)C(C)=N1. The lowest BCUT2D eigenvalue weighted by Crippen LogP contribution is -1.97. The van der Waals surface area contributed by atoms with Gasteiger partial charge in [-0.2, -0.15) is 0 Å². The lowest BCUT2D eigenvalue weighted by Gasteiger charge is -2.19. The summed E-state index contributed by atoms with van der Waals surface area (Å²) in [5, 5.41) is 1.19. The molecule has 0 N–H and O–H groups in total. The van der Waals surface area contributed by atoms with E-state index in [2.05, 4.69) is 28.8 Å². The second-order valence-electron chi connectivity index (χ2n) is 2.54. The van der Waals surface area contributed by atoms with Crippen LogP contribution < -0.4 is 0 Å². The van der Waals surface area contributed by atoms with Gasteiger partial charge < -0.3 is 0 Å². The molecule has 0 bridgehead atoms. The molecule has 9 heavy (non-hydrogen) atoms. The first-order valence-electron chi connectivity index (χ1n) is 2.87. The molecule has 3 heteroatoms. The van der Waals surface area contributed by atoms with Crippen molar-refractivity contribution in [3.63, 3.8) is 0 Å². The van der Waals surface area contributed by atoms with E-state index in [1.54, 1.807) is 0 Å². The minimum absolute atomic E-state index is 0.836. The van der Waals surface area contributed by atoms with Crippen LogP contribution in [0.25, 0.3) is 0 Å². The van der Waals surface area contributed by atoms with E-state index in [0.29, 0.717) is 0 Å². The molecule has 0 unspecified atom stereocenters. The van der Waals surface area contributed by atoms with Crippen LogP contribution in [0.3, 0.4) is 0 Å². The first-order chi connectivity index (χ1) is 4.02. The van der Waals surface area contributed by atoms with Crippen molar-refractivity contribution in [1.82, 2.24) is 0 Å². The van der Waals surface area contributed by atoms with Crippen molar-refractivity contribution in [2.75, 3.05) is 12.5 Å². The Balaban J connectivity index is 2.96. The van der Waals surface area contributed by atoms with Crippen molar-refractivity contribution in [3.8, 4) is 0 Å². The molecule has 0 saturated carbocycles. The Hall–Kier alpha value is -0.310. The summed E-state index contributed by atoms with van der Waals surface area (Å²) in [6.45, 7) is 4.00. The standard InChI is InChI=1S/C6H12N2S/c1-5-7-6(2)9(3,4)8-5/h1-4H3. The molecule has 0 radical (unpaired) electrons. The first-order valence-corrected chi connectivity index (χ1v) is 5.28. The largest absolute Gasteiger partial charge is 0.231 e. The van der Waals surface area contributed by atoms with E-state index >= 15 is 0 Å². The van der Waals surface area contributed by atoms with Crippen molar-refractivity contribution >= 4 is 21.1 Å². The van der Waals surface area contributed by atoms with Crippen LogP contribution in [0.1, 0.15) is 13.8 Å². The monoisotopic (exact) mass is 144 g/mol. The molecule has 0 amide bonds. The second kappa shape index (κ2) is 1.84. The highest BCUT2D eigenvalue weighted by Crippen LogP contribution is 2.46. The van der Waals surface area contributed by atoms with Gasteiger partial charge in [0.25, 0.3) is 0 Å². The van der Waals surface area contributed by atoms with Crippen molar-refractivity contribution in [2.24, 2.45) is 9.39 Å². The van der Waals surface area contributed by atoms with Gasteiger partial charge in [0, 0.05) is 0 Å². The highest BCUT2D eigenvalue weighted by molar-refractivity contribution is 8.43. The Morgan fingerprint density at radius 3 is 1.89 bits per heavy atom. The van der Waals surface area contributed by atoms with Crippen LogP contribution in [0.15, 0.2) is 9.39 Å². The third kappa shape index (κ3) is 1.15. The van der Waals surface area contributed by atoms with Gasteiger partial charge in [0.1, 0.15) is 5.84 Å². The smallest absolute Gasteiger partial charge is 0.132 e. The lowest BCUT2D eigenvalue weighted by atomic mass is 10.7. The van der Waals surface area contributed by atoms with Crippen LogP contribution in [0.2, 0.25) is 0 Å². The summed E-state index contributed by atoms with van der Waals surface area (Å²) < 4.78 is 4.40. The highest BCUT2D eigenvalue weighted by atomic mass is 32.3. The van der Waals surface area contributed by atoms with Gasteiger partial charge in [-0.15, -0.1) is 10.2 Å². The summed E-state index contributed by atoms with van der Waals surface area (Å²) in [7, 11) is -0.836. The molecule has 1 aliphatic heterocycles. The molecule has 0 aliphatic carbocycles. The van der Waals surface area contributed by atoms with Crippen molar-refractivity contribution < 1.29 is 0 Å². The number of rotatable bonds is 0.